The van der Waals surface area contributed by atoms with Crippen molar-refractivity contribution in [2.45, 2.75) is 25.9 Å². The van der Waals surface area contributed by atoms with Gasteiger partial charge in [-0.2, -0.15) is 13.2 Å². The third-order valence-electron chi connectivity index (χ3n) is 2.20. The third kappa shape index (κ3) is 4.61. The molecule has 0 spiro atoms. The molecule has 0 unspecified atom stereocenters. The number of allylic oxidation sites excluding steroid dienone is 1. The minimum atomic E-state index is -4.36. The molecule has 1 N–H and O–H groups in total. The zero-order valence-corrected chi connectivity index (χ0v) is 9.92. The zero-order valence-electron chi connectivity index (χ0n) is 9.92. The summed E-state index contributed by atoms with van der Waals surface area (Å²) in [6, 6.07) is 4.33. The van der Waals surface area contributed by atoms with Crippen molar-refractivity contribution >= 4 is 11.6 Å². The Kier molecular flexibility index (Phi) is 4.95. The Bertz CT molecular complexity index is 421. The smallest absolute Gasteiger partial charge is 0.323 e. The molecular weight excluding hydrogens is 243 g/mol. The molecule has 0 aliphatic rings. The van der Waals surface area contributed by atoms with Crippen molar-refractivity contribution in [2.24, 2.45) is 0 Å². The van der Waals surface area contributed by atoms with E-state index in [0.29, 0.717) is 5.69 Å². The number of halogens is 3. The quantitative estimate of drug-likeness (QED) is 0.811. The molecule has 0 bridgehead atoms. The fraction of sp³-hybridized carbons (Fsp3) is 0.308. The van der Waals surface area contributed by atoms with E-state index in [0.717, 1.165) is 25.0 Å². The van der Waals surface area contributed by atoms with Crippen LogP contribution in [0.25, 0.3) is 0 Å². The number of anilines is 1. The van der Waals surface area contributed by atoms with E-state index in [-0.39, 0.29) is 5.91 Å². The van der Waals surface area contributed by atoms with Crippen LogP contribution in [0.4, 0.5) is 18.9 Å². The molecule has 1 aromatic carbocycles. The van der Waals surface area contributed by atoms with Gasteiger partial charge in [0.2, 0.25) is 5.91 Å². The highest BCUT2D eigenvalue weighted by Gasteiger charge is 2.29. The lowest BCUT2D eigenvalue weighted by Crippen LogP contribution is -2.09. The highest BCUT2D eigenvalue weighted by molar-refractivity contribution is 5.99. The van der Waals surface area contributed by atoms with Crippen LogP contribution in [0.5, 0.6) is 0 Å². The highest BCUT2D eigenvalue weighted by atomic mass is 19.4. The minimum Gasteiger partial charge on any atom is -0.323 e. The van der Waals surface area contributed by atoms with Gasteiger partial charge in [-0.25, -0.2) is 0 Å². The Morgan fingerprint density at radius 3 is 2.39 bits per heavy atom. The molecule has 0 radical (unpaired) electrons. The largest absolute Gasteiger partial charge is 0.416 e. The Hall–Kier alpha value is -1.78. The Labute approximate surface area is 104 Å². The Morgan fingerprint density at radius 1 is 1.28 bits per heavy atom. The third-order valence-corrected chi connectivity index (χ3v) is 2.20. The van der Waals surface area contributed by atoms with Gasteiger partial charge in [0, 0.05) is 5.69 Å². The number of benzene rings is 1. The maximum atomic E-state index is 12.3. The summed E-state index contributed by atoms with van der Waals surface area (Å²) in [7, 11) is 0. The number of hydrogen-bond acceptors (Lipinski definition) is 1. The maximum absolute atomic E-state index is 12.3. The molecule has 0 heterocycles. The van der Waals surface area contributed by atoms with Gasteiger partial charge in [0.1, 0.15) is 0 Å². The first-order valence-electron chi connectivity index (χ1n) is 5.58. The summed E-state index contributed by atoms with van der Waals surface area (Å²) in [4.78, 5) is 11.3. The molecule has 0 atom stereocenters. The van der Waals surface area contributed by atoms with Crippen LogP contribution in [0, 0.1) is 0 Å². The standard InChI is InChI=1S/C13H14F3NO/c1-2-3-4-5-12(18)17-11-8-6-10(7-9-11)13(14,15)16/h4-9H,2-3H2,1H3,(H,17,18). The summed E-state index contributed by atoms with van der Waals surface area (Å²) in [5, 5.41) is 2.49. The highest BCUT2D eigenvalue weighted by Crippen LogP contribution is 2.29. The van der Waals surface area contributed by atoms with Crippen LogP contribution in [-0.2, 0) is 11.0 Å². The maximum Gasteiger partial charge on any atom is 0.416 e. The van der Waals surface area contributed by atoms with Gasteiger partial charge in [-0.05, 0) is 36.8 Å². The second-order valence-electron chi connectivity index (χ2n) is 3.76. The normalized spacial score (nSPS) is 11.8. The molecule has 1 rings (SSSR count). The predicted octanol–water partition coefficient (Wildman–Crippen LogP) is 4.00. The summed E-state index contributed by atoms with van der Waals surface area (Å²) in [6.45, 7) is 1.98. The van der Waals surface area contributed by atoms with E-state index in [9.17, 15) is 18.0 Å². The van der Waals surface area contributed by atoms with E-state index < -0.39 is 11.7 Å². The van der Waals surface area contributed by atoms with Gasteiger partial charge in [0.25, 0.3) is 0 Å². The molecule has 1 amide bonds. The van der Waals surface area contributed by atoms with Gasteiger partial charge in [-0.1, -0.05) is 19.4 Å². The SMILES string of the molecule is CCCC=CC(=O)Nc1ccc(C(F)(F)F)cc1. The number of nitrogens with one attached hydrogen (secondary N) is 1. The number of amides is 1. The van der Waals surface area contributed by atoms with Crippen molar-refractivity contribution in [2.75, 3.05) is 5.32 Å². The minimum absolute atomic E-state index is 0.342. The van der Waals surface area contributed by atoms with E-state index >= 15 is 0 Å². The number of alkyl halides is 3. The molecule has 1 aromatic rings. The summed E-state index contributed by atoms with van der Waals surface area (Å²) in [5.41, 5.74) is -0.392. The molecule has 0 aliphatic heterocycles. The van der Waals surface area contributed by atoms with Crippen LogP contribution in [0.2, 0.25) is 0 Å². The number of rotatable bonds is 4. The monoisotopic (exact) mass is 257 g/mol. The molecule has 0 fully saturated rings. The number of unbranched alkanes of at least 4 members (excludes halogenated alkanes) is 1. The van der Waals surface area contributed by atoms with Gasteiger partial charge in [0.05, 0.1) is 5.56 Å². The van der Waals surface area contributed by atoms with Crippen LogP contribution >= 0.6 is 0 Å². The molecule has 0 aromatic heterocycles. The molecule has 0 saturated heterocycles. The van der Waals surface area contributed by atoms with E-state index in [1.165, 1.54) is 18.2 Å². The van der Waals surface area contributed by atoms with Gasteiger partial charge in [-0.3, -0.25) is 4.79 Å². The average molecular weight is 257 g/mol. The topological polar surface area (TPSA) is 29.1 Å². The second-order valence-corrected chi connectivity index (χ2v) is 3.76. The van der Waals surface area contributed by atoms with E-state index in [4.69, 9.17) is 0 Å². The zero-order chi connectivity index (χ0) is 13.6. The molecule has 5 heteroatoms. The van der Waals surface area contributed by atoms with Gasteiger partial charge in [0.15, 0.2) is 0 Å². The lowest BCUT2D eigenvalue weighted by atomic mass is 10.2. The average Bonchev–Trinajstić information content (AvgIpc) is 2.29. The number of carbonyl (C=O) groups is 1. The molecule has 98 valence electrons. The lowest BCUT2D eigenvalue weighted by molar-refractivity contribution is -0.137. The van der Waals surface area contributed by atoms with Gasteiger partial charge < -0.3 is 5.32 Å². The van der Waals surface area contributed by atoms with E-state index in [1.54, 1.807) is 6.08 Å². The van der Waals surface area contributed by atoms with Crippen molar-refractivity contribution in [1.29, 1.82) is 0 Å². The first kappa shape index (κ1) is 14.3. The fourth-order valence-electron chi connectivity index (χ4n) is 1.28. The van der Waals surface area contributed by atoms with Crippen molar-refractivity contribution in [3.05, 3.63) is 42.0 Å². The van der Waals surface area contributed by atoms with E-state index in [2.05, 4.69) is 5.32 Å². The van der Waals surface area contributed by atoms with Crippen molar-refractivity contribution in [3.8, 4) is 0 Å². The molecule has 0 saturated carbocycles. The van der Waals surface area contributed by atoms with E-state index in [1.807, 2.05) is 6.92 Å². The summed E-state index contributed by atoms with van der Waals surface area (Å²) >= 11 is 0. The van der Waals surface area contributed by atoms with Crippen LogP contribution in [0.15, 0.2) is 36.4 Å². The number of carbonyl (C=O) groups excluding carboxylic acids is 1. The molecule has 2 nitrogen and oxygen atoms in total. The first-order chi connectivity index (χ1) is 8.43. The van der Waals surface area contributed by atoms with Crippen molar-refractivity contribution in [1.82, 2.24) is 0 Å². The molecular formula is C13H14F3NO. The molecule has 0 aliphatic carbocycles. The van der Waals surface area contributed by atoms with Crippen molar-refractivity contribution < 1.29 is 18.0 Å². The van der Waals surface area contributed by atoms with Crippen molar-refractivity contribution in [3.63, 3.8) is 0 Å². The summed E-state index contributed by atoms with van der Waals surface area (Å²) < 4.78 is 36.9. The Balaban J connectivity index is 2.61. The summed E-state index contributed by atoms with van der Waals surface area (Å²) in [5.74, 6) is -0.344. The lowest BCUT2D eigenvalue weighted by Gasteiger charge is -2.07. The molecule has 18 heavy (non-hydrogen) atoms. The van der Waals surface area contributed by atoms with Gasteiger partial charge in [-0.15, -0.1) is 0 Å². The predicted molar refractivity (Wildman–Crippen MR) is 64.1 cm³/mol. The van der Waals surface area contributed by atoms with Crippen LogP contribution < -0.4 is 5.32 Å². The second kappa shape index (κ2) is 6.23. The fourth-order valence-corrected chi connectivity index (χ4v) is 1.28. The van der Waals surface area contributed by atoms with Gasteiger partial charge >= 0.3 is 6.18 Å². The number of hydrogen-bond donors (Lipinski definition) is 1. The first-order valence-corrected chi connectivity index (χ1v) is 5.58. The van der Waals surface area contributed by atoms with Crippen LogP contribution in [-0.4, -0.2) is 5.91 Å². The summed E-state index contributed by atoms with van der Waals surface area (Å²) in [6.07, 6.45) is 0.467. The van der Waals surface area contributed by atoms with Crippen LogP contribution in [0.3, 0.4) is 0 Å². The van der Waals surface area contributed by atoms with Crippen LogP contribution in [0.1, 0.15) is 25.3 Å². The Morgan fingerprint density at radius 2 is 1.89 bits per heavy atom.